The molecule has 1 aliphatic heterocycles. The number of aliphatic hydroxyl groups is 1. The molecule has 1 atom stereocenters. The van der Waals surface area contributed by atoms with Crippen LogP contribution in [0.3, 0.4) is 0 Å². The van der Waals surface area contributed by atoms with E-state index in [1.165, 1.54) is 37.7 Å². The van der Waals surface area contributed by atoms with Crippen molar-refractivity contribution in [2.24, 2.45) is 0 Å². The Hall–Kier alpha value is -1.65. The van der Waals surface area contributed by atoms with Crippen LogP contribution in [0.4, 0.5) is 0 Å². The lowest BCUT2D eigenvalue weighted by molar-refractivity contribution is 0.0826. The highest BCUT2D eigenvalue weighted by atomic mass is 16.5. The van der Waals surface area contributed by atoms with Crippen molar-refractivity contribution < 1.29 is 9.63 Å². The van der Waals surface area contributed by atoms with Crippen LogP contribution in [-0.2, 0) is 13.1 Å². The zero-order chi connectivity index (χ0) is 15.6. The van der Waals surface area contributed by atoms with Crippen LogP contribution < -0.4 is 0 Å². The molecular formula is C19H24N2O2. The Morgan fingerprint density at radius 1 is 1.17 bits per heavy atom. The molecule has 1 N–H and O–H groups in total. The predicted molar refractivity (Wildman–Crippen MR) is 87.8 cm³/mol. The van der Waals surface area contributed by atoms with E-state index < -0.39 is 6.10 Å². The minimum Gasteiger partial charge on any atom is -0.387 e. The molecule has 122 valence electrons. The second kappa shape index (κ2) is 6.46. The van der Waals surface area contributed by atoms with E-state index in [1.807, 2.05) is 18.2 Å². The maximum absolute atomic E-state index is 10.3. The van der Waals surface area contributed by atoms with Crippen molar-refractivity contribution >= 4 is 0 Å². The Kier molecular flexibility index (Phi) is 4.19. The number of aliphatic hydroxyl groups excluding tert-OH is 1. The van der Waals surface area contributed by atoms with E-state index >= 15 is 0 Å². The lowest BCUT2D eigenvalue weighted by atomic mass is 9.87. The van der Waals surface area contributed by atoms with Crippen molar-refractivity contribution in [3.8, 4) is 0 Å². The number of fused-ring (bicyclic) bond motifs is 1. The molecule has 1 fully saturated rings. The number of rotatable bonds is 3. The minimum atomic E-state index is -0.416. The van der Waals surface area contributed by atoms with Crippen LogP contribution >= 0.6 is 0 Å². The summed E-state index contributed by atoms with van der Waals surface area (Å²) in [5, 5.41) is 14.6. The first kappa shape index (κ1) is 14.9. The molecule has 4 rings (SSSR count). The lowest BCUT2D eigenvalue weighted by Gasteiger charge is -2.31. The summed E-state index contributed by atoms with van der Waals surface area (Å²) in [6, 6.07) is 10.3. The van der Waals surface area contributed by atoms with Gasteiger partial charge in [-0.25, -0.2) is 0 Å². The zero-order valence-corrected chi connectivity index (χ0v) is 13.4. The van der Waals surface area contributed by atoms with Gasteiger partial charge in [0.25, 0.3) is 0 Å². The first-order valence-corrected chi connectivity index (χ1v) is 8.73. The molecule has 2 aromatic rings. The van der Waals surface area contributed by atoms with E-state index in [-0.39, 0.29) is 0 Å². The van der Waals surface area contributed by atoms with Crippen LogP contribution in [0.1, 0.15) is 66.7 Å². The molecule has 0 amide bonds. The summed E-state index contributed by atoms with van der Waals surface area (Å²) in [5.74, 6) is 1.49. The van der Waals surface area contributed by atoms with Crippen molar-refractivity contribution in [3.05, 3.63) is 52.9 Å². The Bertz CT molecular complexity index is 661. The third-order valence-electron chi connectivity index (χ3n) is 5.22. The van der Waals surface area contributed by atoms with Crippen LogP contribution in [0.5, 0.6) is 0 Å². The van der Waals surface area contributed by atoms with Gasteiger partial charge in [0.2, 0.25) is 0 Å². The molecule has 0 bridgehead atoms. The number of benzene rings is 1. The first-order valence-electron chi connectivity index (χ1n) is 8.73. The first-order chi connectivity index (χ1) is 11.3. The second-order valence-corrected chi connectivity index (χ2v) is 6.94. The van der Waals surface area contributed by atoms with E-state index in [9.17, 15) is 5.11 Å². The molecule has 1 aromatic heterocycles. The summed E-state index contributed by atoms with van der Waals surface area (Å²) in [4.78, 5) is 2.23. The molecule has 2 aliphatic rings. The van der Waals surface area contributed by atoms with Crippen LogP contribution in [0.25, 0.3) is 0 Å². The molecule has 4 heteroatoms. The van der Waals surface area contributed by atoms with Crippen molar-refractivity contribution in [2.45, 2.75) is 57.2 Å². The van der Waals surface area contributed by atoms with Crippen LogP contribution in [0.15, 0.2) is 34.9 Å². The molecule has 0 spiro atoms. The van der Waals surface area contributed by atoms with Crippen molar-refractivity contribution in [3.63, 3.8) is 0 Å². The van der Waals surface area contributed by atoms with Crippen LogP contribution in [-0.4, -0.2) is 21.7 Å². The summed E-state index contributed by atoms with van der Waals surface area (Å²) in [7, 11) is 0. The standard InChI is InChI=1S/C19H24N2O2/c22-19-13-21(11-15-8-4-5-9-17(15)19)12-16-10-18(20-23-16)14-6-2-1-3-7-14/h4-5,8-10,14,19,22H,1-3,6-7,11-13H2/t19-/m0/s1. The van der Waals surface area contributed by atoms with Crippen molar-refractivity contribution in [2.75, 3.05) is 6.54 Å². The smallest absolute Gasteiger partial charge is 0.150 e. The quantitative estimate of drug-likeness (QED) is 0.937. The monoisotopic (exact) mass is 312 g/mol. The van der Waals surface area contributed by atoms with Crippen LogP contribution in [0, 0.1) is 0 Å². The largest absolute Gasteiger partial charge is 0.387 e. The summed E-state index contributed by atoms with van der Waals surface area (Å²) in [5.41, 5.74) is 3.39. The number of hydrogen-bond acceptors (Lipinski definition) is 4. The summed E-state index contributed by atoms with van der Waals surface area (Å²) >= 11 is 0. The van der Waals surface area contributed by atoms with Gasteiger partial charge in [0.15, 0.2) is 5.76 Å². The van der Waals surface area contributed by atoms with E-state index in [0.29, 0.717) is 19.0 Å². The number of hydrogen-bond donors (Lipinski definition) is 1. The summed E-state index contributed by atoms with van der Waals surface area (Å²) < 4.78 is 5.57. The van der Waals surface area contributed by atoms with Gasteiger partial charge in [-0.15, -0.1) is 0 Å². The molecule has 0 radical (unpaired) electrons. The molecule has 23 heavy (non-hydrogen) atoms. The Morgan fingerprint density at radius 2 is 2.00 bits per heavy atom. The molecule has 2 heterocycles. The van der Waals surface area contributed by atoms with Gasteiger partial charge in [0.1, 0.15) is 0 Å². The van der Waals surface area contributed by atoms with Gasteiger partial charge < -0.3 is 9.63 Å². The van der Waals surface area contributed by atoms with Gasteiger partial charge in [-0.2, -0.15) is 0 Å². The average molecular weight is 312 g/mol. The predicted octanol–water partition coefficient (Wildman–Crippen LogP) is 3.77. The fourth-order valence-electron chi connectivity index (χ4n) is 3.99. The minimum absolute atomic E-state index is 0.416. The van der Waals surface area contributed by atoms with E-state index in [2.05, 4.69) is 22.2 Å². The van der Waals surface area contributed by atoms with E-state index in [4.69, 9.17) is 4.52 Å². The Balaban J connectivity index is 1.44. The Labute approximate surface area is 137 Å². The molecule has 1 saturated carbocycles. The van der Waals surface area contributed by atoms with Crippen LogP contribution in [0.2, 0.25) is 0 Å². The topological polar surface area (TPSA) is 49.5 Å². The Morgan fingerprint density at radius 3 is 2.87 bits per heavy atom. The van der Waals surface area contributed by atoms with Crippen molar-refractivity contribution in [1.29, 1.82) is 0 Å². The van der Waals surface area contributed by atoms with Crippen molar-refractivity contribution in [1.82, 2.24) is 10.1 Å². The number of β-amino-alcohol motifs (C(OH)–C–C–N with tert-alkyl or cyclic N) is 1. The van der Waals surface area contributed by atoms with Gasteiger partial charge >= 0.3 is 0 Å². The fraction of sp³-hybridized carbons (Fsp3) is 0.526. The van der Waals surface area contributed by atoms with Gasteiger partial charge in [0, 0.05) is 25.1 Å². The second-order valence-electron chi connectivity index (χ2n) is 6.94. The van der Waals surface area contributed by atoms with Gasteiger partial charge in [-0.05, 0) is 24.0 Å². The summed E-state index contributed by atoms with van der Waals surface area (Å²) in [6.45, 7) is 2.22. The third-order valence-corrected chi connectivity index (χ3v) is 5.22. The van der Waals surface area contributed by atoms with Gasteiger partial charge in [-0.3, -0.25) is 4.90 Å². The molecular weight excluding hydrogens is 288 g/mol. The highest BCUT2D eigenvalue weighted by Gasteiger charge is 2.25. The van der Waals surface area contributed by atoms with Gasteiger partial charge in [-0.1, -0.05) is 48.7 Å². The van der Waals surface area contributed by atoms with E-state index in [1.54, 1.807) is 0 Å². The average Bonchev–Trinajstić information content (AvgIpc) is 3.04. The SMILES string of the molecule is O[C@H]1CN(Cc2cc(C3CCCCC3)no2)Cc2ccccc21. The summed E-state index contributed by atoms with van der Waals surface area (Å²) in [6.07, 6.45) is 6.03. The lowest BCUT2D eigenvalue weighted by Crippen LogP contribution is -2.33. The fourth-order valence-corrected chi connectivity index (χ4v) is 3.99. The van der Waals surface area contributed by atoms with Gasteiger partial charge in [0.05, 0.1) is 18.3 Å². The van der Waals surface area contributed by atoms with E-state index in [0.717, 1.165) is 23.6 Å². The maximum Gasteiger partial charge on any atom is 0.150 e. The number of nitrogens with zero attached hydrogens (tertiary/aromatic N) is 2. The molecule has 4 nitrogen and oxygen atoms in total. The third kappa shape index (κ3) is 3.19. The zero-order valence-electron chi connectivity index (χ0n) is 13.4. The normalized spacial score (nSPS) is 22.9. The highest BCUT2D eigenvalue weighted by molar-refractivity contribution is 5.31. The molecule has 1 aliphatic carbocycles. The molecule has 0 saturated heterocycles. The number of aromatic nitrogens is 1. The molecule has 0 unspecified atom stereocenters. The molecule has 1 aromatic carbocycles. The highest BCUT2D eigenvalue weighted by Crippen LogP contribution is 2.33. The maximum atomic E-state index is 10.3.